The van der Waals surface area contributed by atoms with Gasteiger partial charge in [-0.05, 0) is 70.6 Å². The number of phosphoric ester groups is 1. The molecule has 0 amide bonds. The van der Waals surface area contributed by atoms with E-state index in [4.69, 9.17) is 29.4 Å². The Hall–Kier alpha value is -2.07. The summed E-state index contributed by atoms with van der Waals surface area (Å²) in [7, 11) is -4.62. The third kappa shape index (κ3) is 45.8. The fourth-order valence-corrected chi connectivity index (χ4v) is 7.57. The minimum Gasteiger partial charge on any atom is -0.480 e. The van der Waals surface area contributed by atoms with Crippen LogP contribution in [0.15, 0.2) is 48.6 Å². The summed E-state index contributed by atoms with van der Waals surface area (Å²) in [6.45, 7) is 3.77. The highest BCUT2D eigenvalue weighted by molar-refractivity contribution is 7.47. The maximum atomic E-state index is 12.7. The zero-order chi connectivity index (χ0) is 44.8. The number of phosphoric acid groups is 1. The van der Waals surface area contributed by atoms with Crippen LogP contribution in [0.3, 0.4) is 0 Å². The number of unbranched alkanes of at least 4 members (excludes halogenated alkanes) is 25. The molecule has 4 N–H and O–H groups in total. The predicted molar refractivity (Wildman–Crippen MR) is 254 cm³/mol. The van der Waals surface area contributed by atoms with E-state index in [9.17, 15) is 19.0 Å². The lowest BCUT2D eigenvalue weighted by molar-refractivity contribution is -0.154. The number of ether oxygens (including phenoxy) is 2. The molecule has 0 spiro atoms. The fraction of sp³-hybridized carbons (Fsp3) is 0.800. The van der Waals surface area contributed by atoms with Gasteiger partial charge in [-0.15, -0.1) is 0 Å². The quantitative estimate of drug-likeness (QED) is 0.0233. The molecule has 356 valence electrons. The van der Waals surface area contributed by atoms with Gasteiger partial charge in [0, 0.05) is 13.0 Å². The molecule has 0 saturated carbocycles. The Kier molecular flexibility index (Phi) is 44.4. The number of carbonyl (C=O) groups excluding carboxylic acids is 1. The van der Waals surface area contributed by atoms with Crippen LogP contribution in [0.4, 0.5) is 0 Å². The smallest absolute Gasteiger partial charge is 0.472 e. The van der Waals surface area contributed by atoms with Gasteiger partial charge in [-0.1, -0.05) is 191 Å². The van der Waals surface area contributed by atoms with Crippen molar-refractivity contribution in [1.29, 1.82) is 0 Å². The van der Waals surface area contributed by atoms with E-state index in [1.54, 1.807) is 0 Å². The van der Waals surface area contributed by atoms with E-state index in [1.165, 1.54) is 128 Å². The maximum Gasteiger partial charge on any atom is 0.472 e. The Bertz CT molecular complexity index is 1160. The number of esters is 1. The van der Waals surface area contributed by atoms with Gasteiger partial charge < -0.3 is 25.2 Å². The van der Waals surface area contributed by atoms with Crippen molar-refractivity contribution in [2.24, 2.45) is 5.73 Å². The van der Waals surface area contributed by atoms with Crippen LogP contribution in [0.1, 0.15) is 219 Å². The zero-order valence-electron chi connectivity index (χ0n) is 39.0. The van der Waals surface area contributed by atoms with Crippen LogP contribution in [-0.4, -0.2) is 60.5 Å². The molecule has 3 unspecified atom stereocenters. The number of nitrogens with two attached hydrogens (primary N) is 1. The molecular weight excluding hydrogens is 790 g/mol. The van der Waals surface area contributed by atoms with Crippen molar-refractivity contribution in [3.05, 3.63) is 48.6 Å². The van der Waals surface area contributed by atoms with Crippen molar-refractivity contribution in [3.63, 3.8) is 0 Å². The van der Waals surface area contributed by atoms with Crippen LogP contribution in [0.5, 0.6) is 0 Å². The first-order chi connectivity index (χ1) is 29.7. The highest BCUT2D eigenvalue weighted by Crippen LogP contribution is 2.43. The summed E-state index contributed by atoms with van der Waals surface area (Å²) < 4.78 is 33.5. The topological polar surface area (TPSA) is 155 Å². The number of hydrogen-bond acceptors (Lipinski definition) is 8. The van der Waals surface area contributed by atoms with Gasteiger partial charge >= 0.3 is 19.8 Å². The second-order valence-corrected chi connectivity index (χ2v) is 18.0. The highest BCUT2D eigenvalue weighted by Gasteiger charge is 2.27. The number of rotatable bonds is 47. The highest BCUT2D eigenvalue weighted by atomic mass is 31.2. The lowest BCUT2D eigenvalue weighted by Gasteiger charge is -2.20. The Morgan fingerprint density at radius 1 is 0.541 bits per heavy atom. The molecule has 0 radical (unpaired) electrons. The molecule has 0 aliphatic carbocycles. The number of carbonyl (C=O) groups is 2. The van der Waals surface area contributed by atoms with E-state index in [-0.39, 0.29) is 13.0 Å². The van der Waals surface area contributed by atoms with E-state index < -0.39 is 45.1 Å². The summed E-state index contributed by atoms with van der Waals surface area (Å²) in [5.41, 5.74) is 5.37. The summed E-state index contributed by atoms with van der Waals surface area (Å²) >= 11 is 0. The first-order valence-electron chi connectivity index (χ1n) is 24.7. The number of carboxylic acids is 1. The number of hydrogen-bond donors (Lipinski definition) is 3. The Morgan fingerprint density at radius 3 is 1.44 bits per heavy atom. The van der Waals surface area contributed by atoms with Crippen LogP contribution < -0.4 is 5.73 Å². The standard InChI is InChI=1S/C50H92NO9P/c1-3-5-7-9-11-13-15-17-19-21-23-24-25-26-28-30-32-34-36-38-40-42-49(52)60-47(45-58-61(55,56)59-46-48(51)50(53)54)44-57-43-41-39-37-35-33-31-29-27-22-20-18-16-14-12-10-8-6-4-2/h6,8,12,14,18,20-21,23,47-48H,3-5,7,9-11,13,15-17,19,22,24-46,51H2,1-2H3,(H,53,54)(H,55,56)/b8-6-,14-12-,20-18-,23-21-. The van der Waals surface area contributed by atoms with E-state index in [2.05, 4.69) is 62.5 Å². The molecule has 0 heterocycles. The molecular formula is C50H92NO9P. The van der Waals surface area contributed by atoms with Gasteiger partial charge in [-0.25, -0.2) is 4.57 Å². The van der Waals surface area contributed by atoms with Crippen LogP contribution >= 0.6 is 7.82 Å². The van der Waals surface area contributed by atoms with E-state index >= 15 is 0 Å². The number of aliphatic carboxylic acids is 1. The summed E-state index contributed by atoms with van der Waals surface area (Å²) in [4.78, 5) is 33.7. The van der Waals surface area contributed by atoms with Crippen molar-refractivity contribution in [3.8, 4) is 0 Å². The van der Waals surface area contributed by atoms with Crippen molar-refractivity contribution >= 4 is 19.8 Å². The van der Waals surface area contributed by atoms with Crippen LogP contribution in [-0.2, 0) is 32.7 Å². The second kappa shape index (κ2) is 45.9. The molecule has 10 nitrogen and oxygen atoms in total. The van der Waals surface area contributed by atoms with Gasteiger partial charge in [0.1, 0.15) is 12.1 Å². The normalized spacial score (nSPS) is 14.2. The molecule has 61 heavy (non-hydrogen) atoms. The molecule has 0 aliphatic rings. The largest absolute Gasteiger partial charge is 0.480 e. The molecule has 0 aromatic rings. The summed E-state index contributed by atoms with van der Waals surface area (Å²) in [6.07, 6.45) is 54.5. The van der Waals surface area contributed by atoms with Gasteiger partial charge in [0.25, 0.3) is 0 Å². The average molecular weight is 882 g/mol. The molecule has 0 aromatic heterocycles. The molecule has 0 rings (SSSR count). The second-order valence-electron chi connectivity index (χ2n) is 16.6. The van der Waals surface area contributed by atoms with Crippen molar-refractivity contribution < 1.29 is 42.7 Å². The Labute approximate surface area is 373 Å². The minimum atomic E-state index is -4.62. The lowest BCUT2D eigenvalue weighted by atomic mass is 10.1. The van der Waals surface area contributed by atoms with Crippen molar-refractivity contribution in [1.82, 2.24) is 0 Å². The van der Waals surface area contributed by atoms with Crippen LogP contribution in [0, 0.1) is 0 Å². The molecule has 0 aliphatic heterocycles. The monoisotopic (exact) mass is 882 g/mol. The van der Waals surface area contributed by atoms with Gasteiger partial charge in [-0.2, -0.15) is 0 Å². The van der Waals surface area contributed by atoms with Crippen molar-refractivity contribution in [2.45, 2.75) is 231 Å². The SMILES string of the molecule is CC/C=C\C/C=C\C/C=C\CCCCCCCCCCOCC(COP(=O)(O)OCC(N)C(=O)O)OC(=O)CCCCCCCCCCC/C=C\CCCCCCCCCC. The van der Waals surface area contributed by atoms with Gasteiger partial charge in [-0.3, -0.25) is 18.6 Å². The Balaban J connectivity index is 4.16. The van der Waals surface area contributed by atoms with E-state index in [1.807, 2.05) is 0 Å². The van der Waals surface area contributed by atoms with Gasteiger partial charge in [0.2, 0.25) is 0 Å². The van der Waals surface area contributed by atoms with Gasteiger partial charge in [0.15, 0.2) is 0 Å². The molecule has 11 heteroatoms. The third-order valence-corrected chi connectivity index (χ3v) is 11.5. The van der Waals surface area contributed by atoms with E-state index in [0.29, 0.717) is 13.0 Å². The molecule has 3 atom stereocenters. The molecule has 0 aromatic carbocycles. The summed E-state index contributed by atoms with van der Waals surface area (Å²) in [6, 6.07) is -1.48. The third-order valence-electron chi connectivity index (χ3n) is 10.6. The summed E-state index contributed by atoms with van der Waals surface area (Å²) in [5.74, 6) is -1.78. The van der Waals surface area contributed by atoms with Gasteiger partial charge in [0.05, 0.1) is 19.8 Å². The zero-order valence-corrected chi connectivity index (χ0v) is 39.9. The number of carboxylic acid groups (broad SMARTS) is 1. The summed E-state index contributed by atoms with van der Waals surface area (Å²) in [5, 5.41) is 8.92. The maximum absolute atomic E-state index is 12.7. The lowest BCUT2D eigenvalue weighted by Crippen LogP contribution is -2.34. The molecule has 0 fully saturated rings. The Morgan fingerprint density at radius 2 is 0.951 bits per heavy atom. The van der Waals surface area contributed by atoms with E-state index in [0.717, 1.165) is 64.2 Å². The molecule has 0 bridgehead atoms. The first kappa shape index (κ1) is 58.9. The average Bonchev–Trinajstić information content (AvgIpc) is 3.24. The number of allylic oxidation sites excluding steroid dienone is 8. The fourth-order valence-electron chi connectivity index (χ4n) is 6.79. The predicted octanol–water partition coefficient (Wildman–Crippen LogP) is 14.2. The van der Waals surface area contributed by atoms with Crippen LogP contribution in [0.2, 0.25) is 0 Å². The molecule has 0 saturated heterocycles. The first-order valence-corrected chi connectivity index (χ1v) is 26.2. The van der Waals surface area contributed by atoms with Crippen molar-refractivity contribution in [2.75, 3.05) is 26.4 Å². The minimum absolute atomic E-state index is 0.0109. The van der Waals surface area contributed by atoms with Crippen LogP contribution in [0.25, 0.3) is 0 Å².